The van der Waals surface area contributed by atoms with Crippen LogP contribution in [0.4, 0.5) is 0 Å². The number of hydrogen-bond donors (Lipinski definition) is 0. The van der Waals surface area contributed by atoms with Crippen molar-refractivity contribution in [1.82, 2.24) is 0 Å². The highest BCUT2D eigenvalue weighted by molar-refractivity contribution is 7.12. The Morgan fingerprint density at radius 3 is 1.69 bits per heavy atom. The molecule has 0 saturated carbocycles. The van der Waals surface area contributed by atoms with Crippen molar-refractivity contribution in [2.45, 2.75) is 72.1 Å². The largest absolute Gasteiger partial charge is 0.144 e. The number of hydrogen-bond acceptors (Lipinski definition) is 1. The maximum atomic E-state index is 2.43. The van der Waals surface area contributed by atoms with Gasteiger partial charge in [0.2, 0.25) is 0 Å². The lowest BCUT2D eigenvalue weighted by Gasteiger charge is -2.26. The predicted molar refractivity (Wildman–Crippen MR) is 75.8 cm³/mol. The van der Waals surface area contributed by atoms with Crippen LogP contribution in [0.1, 0.15) is 76.6 Å². The Kier molecular flexibility index (Phi) is 3.59. The van der Waals surface area contributed by atoms with E-state index in [1.165, 1.54) is 10.4 Å². The second-order valence-electron chi connectivity index (χ2n) is 7.05. The second-order valence-corrected chi connectivity index (χ2v) is 8.13. The summed E-state index contributed by atoms with van der Waals surface area (Å²) in [7, 11) is 0. The average Bonchev–Trinajstić information content (AvgIpc) is 2.44. The van der Waals surface area contributed by atoms with Gasteiger partial charge in [-0.1, -0.05) is 55.4 Å². The molecule has 1 heterocycles. The molecule has 0 fully saturated rings. The van der Waals surface area contributed by atoms with E-state index in [0.29, 0.717) is 5.92 Å². The summed E-state index contributed by atoms with van der Waals surface area (Å²) in [4.78, 5) is 3.08. The molecule has 0 bridgehead atoms. The molecule has 0 aromatic carbocycles. The van der Waals surface area contributed by atoms with Gasteiger partial charge in [-0.05, 0) is 28.4 Å². The summed E-state index contributed by atoms with van der Waals surface area (Å²) < 4.78 is 0. The van der Waals surface area contributed by atoms with Crippen LogP contribution in [0.2, 0.25) is 0 Å². The Morgan fingerprint density at radius 1 is 0.938 bits per heavy atom. The van der Waals surface area contributed by atoms with Crippen molar-refractivity contribution in [3.05, 3.63) is 21.4 Å². The summed E-state index contributed by atoms with van der Waals surface area (Å²) in [5.74, 6) is 0.641. The molecule has 0 nitrogen and oxygen atoms in total. The molecule has 0 radical (unpaired) electrons. The van der Waals surface area contributed by atoms with Gasteiger partial charge in [0.15, 0.2) is 0 Å². The van der Waals surface area contributed by atoms with E-state index in [9.17, 15) is 0 Å². The molecule has 0 atom stereocenters. The molecule has 0 aliphatic carbocycles. The zero-order chi connectivity index (χ0) is 12.7. The van der Waals surface area contributed by atoms with Crippen molar-refractivity contribution in [3.63, 3.8) is 0 Å². The lowest BCUT2D eigenvalue weighted by atomic mass is 9.80. The van der Waals surface area contributed by atoms with E-state index in [1.54, 1.807) is 4.88 Å². The molecule has 16 heavy (non-hydrogen) atoms. The zero-order valence-corrected chi connectivity index (χ0v) is 12.9. The van der Waals surface area contributed by atoms with Gasteiger partial charge in [-0.3, -0.25) is 0 Å². The van der Waals surface area contributed by atoms with Gasteiger partial charge in [0.25, 0.3) is 0 Å². The Balaban J connectivity index is 3.36. The second kappa shape index (κ2) is 4.18. The molecular formula is C15H26S. The molecule has 1 rings (SSSR count). The van der Waals surface area contributed by atoms with Gasteiger partial charge in [-0.25, -0.2) is 0 Å². The van der Waals surface area contributed by atoms with Crippen LogP contribution in [0.3, 0.4) is 0 Å². The van der Waals surface area contributed by atoms with Crippen molar-refractivity contribution < 1.29 is 0 Å². The van der Waals surface area contributed by atoms with Crippen LogP contribution in [0, 0.1) is 0 Å². The fourth-order valence-corrected chi connectivity index (χ4v) is 3.24. The Morgan fingerprint density at radius 2 is 1.44 bits per heavy atom. The fraction of sp³-hybridized carbons (Fsp3) is 0.733. The summed E-state index contributed by atoms with van der Waals surface area (Å²) in [6.45, 7) is 18.5. The highest BCUT2D eigenvalue weighted by Crippen LogP contribution is 2.41. The van der Waals surface area contributed by atoms with E-state index in [2.05, 4.69) is 61.5 Å². The average molecular weight is 238 g/mol. The molecule has 92 valence electrons. The van der Waals surface area contributed by atoms with Crippen molar-refractivity contribution in [1.29, 1.82) is 0 Å². The van der Waals surface area contributed by atoms with Gasteiger partial charge in [0.05, 0.1) is 0 Å². The summed E-state index contributed by atoms with van der Waals surface area (Å²) in [6.07, 6.45) is 0. The number of rotatable bonds is 1. The molecule has 0 aliphatic heterocycles. The third-order valence-corrected chi connectivity index (χ3v) is 4.67. The van der Waals surface area contributed by atoms with Crippen LogP contribution < -0.4 is 0 Å². The highest BCUT2D eigenvalue weighted by atomic mass is 32.1. The van der Waals surface area contributed by atoms with Gasteiger partial charge >= 0.3 is 0 Å². The summed E-state index contributed by atoms with van der Waals surface area (Å²) in [5.41, 5.74) is 2.06. The molecule has 1 aromatic rings. The maximum Gasteiger partial charge on any atom is 0.0139 e. The van der Waals surface area contributed by atoms with Crippen LogP contribution in [0.5, 0.6) is 0 Å². The Bertz CT molecular complexity index is 324. The third kappa shape index (κ3) is 2.88. The molecule has 0 unspecified atom stereocenters. The van der Waals surface area contributed by atoms with Crippen LogP contribution in [0.15, 0.2) is 6.07 Å². The standard InChI is InChI=1S/C15H26S/c1-10(2)12-9-11(14(3,4)5)13(16-12)15(6,7)8/h9-10H,1-8H3. The molecule has 1 aromatic heterocycles. The Labute approximate surface area is 105 Å². The SMILES string of the molecule is CC(C)c1cc(C(C)(C)C)c(C(C)(C)C)s1. The van der Waals surface area contributed by atoms with E-state index >= 15 is 0 Å². The molecule has 1 heteroatoms. The summed E-state index contributed by atoms with van der Waals surface area (Å²) >= 11 is 2.00. The van der Waals surface area contributed by atoms with Gasteiger partial charge in [-0.15, -0.1) is 11.3 Å². The first kappa shape index (κ1) is 13.8. The predicted octanol–water partition coefficient (Wildman–Crippen LogP) is 5.47. The van der Waals surface area contributed by atoms with Gasteiger partial charge < -0.3 is 0 Å². The van der Waals surface area contributed by atoms with E-state index in [0.717, 1.165) is 0 Å². The normalized spacial score (nSPS) is 13.6. The van der Waals surface area contributed by atoms with E-state index in [1.807, 2.05) is 11.3 Å². The maximum absolute atomic E-state index is 2.43. The highest BCUT2D eigenvalue weighted by Gasteiger charge is 2.28. The minimum atomic E-state index is 0.256. The quantitative estimate of drug-likeness (QED) is 0.609. The third-order valence-electron chi connectivity index (χ3n) is 2.81. The van der Waals surface area contributed by atoms with Crippen LogP contribution in [0.25, 0.3) is 0 Å². The van der Waals surface area contributed by atoms with Crippen molar-refractivity contribution in [2.24, 2.45) is 0 Å². The summed E-state index contributed by atoms with van der Waals surface area (Å²) in [5, 5.41) is 0. The zero-order valence-electron chi connectivity index (χ0n) is 12.1. The lowest BCUT2D eigenvalue weighted by Crippen LogP contribution is -2.19. The van der Waals surface area contributed by atoms with Crippen LogP contribution in [-0.2, 0) is 10.8 Å². The van der Waals surface area contributed by atoms with Crippen molar-refractivity contribution >= 4 is 11.3 Å². The lowest BCUT2D eigenvalue weighted by molar-refractivity contribution is 0.541. The fourth-order valence-electron chi connectivity index (χ4n) is 1.81. The van der Waals surface area contributed by atoms with Gasteiger partial charge in [-0.2, -0.15) is 0 Å². The van der Waals surface area contributed by atoms with Gasteiger partial charge in [0, 0.05) is 9.75 Å². The smallest absolute Gasteiger partial charge is 0.0139 e. The topological polar surface area (TPSA) is 0 Å². The monoisotopic (exact) mass is 238 g/mol. The van der Waals surface area contributed by atoms with Crippen LogP contribution in [-0.4, -0.2) is 0 Å². The van der Waals surface area contributed by atoms with Crippen LogP contribution >= 0.6 is 11.3 Å². The molecule has 0 amide bonds. The van der Waals surface area contributed by atoms with Crippen molar-refractivity contribution in [3.8, 4) is 0 Å². The minimum Gasteiger partial charge on any atom is -0.144 e. The molecule has 0 N–H and O–H groups in total. The van der Waals surface area contributed by atoms with E-state index in [4.69, 9.17) is 0 Å². The van der Waals surface area contributed by atoms with E-state index in [-0.39, 0.29) is 10.8 Å². The molecule has 0 aliphatic rings. The first-order valence-electron chi connectivity index (χ1n) is 6.18. The first-order chi connectivity index (χ1) is 7.03. The molecule has 0 saturated heterocycles. The van der Waals surface area contributed by atoms with E-state index < -0.39 is 0 Å². The first-order valence-corrected chi connectivity index (χ1v) is 7.00. The minimum absolute atomic E-state index is 0.256. The molecular weight excluding hydrogens is 212 g/mol. The Hall–Kier alpha value is -0.300. The molecule has 0 spiro atoms. The summed E-state index contributed by atoms with van der Waals surface area (Å²) in [6, 6.07) is 2.43. The van der Waals surface area contributed by atoms with Crippen molar-refractivity contribution in [2.75, 3.05) is 0 Å². The number of thiophene rings is 1. The van der Waals surface area contributed by atoms with Gasteiger partial charge in [0.1, 0.15) is 0 Å².